The fourth-order valence-electron chi connectivity index (χ4n) is 2.87. The average Bonchev–Trinajstić information content (AvgIpc) is 2.42. The van der Waals surface area contributed by atoms with Crippen molar-refractivity contribution in [1.82, 2.24) is 5.32 Å². The van der Waals surface area contributed by atoms with Crippen LogP contribution in [0.15, 0.2) is 12.1 Å². The lowest BCUT2D eigenvalue weighted by Crippen LogP contribution is -2.45. The fraction of sp³-hybridized carbons (Fsp3) is 0.571. The van der Waals surface area contributed by atoms with Gasteiger partial charge in [-0.1, -0.05) is 11.6 Å². The van der Waals surface area contributed by atoms with Crippen LogP contribution < -0.4 is 10.2 Å². The number of anilines is 1. The van der Waals surface area contributed by atoms with Crippen LogP contribution in [-0.2, 0) is 0 Å². The number of halogens is 1. The largest absolute Gasteiger partial charge is 0.367 e. The van der Waals surface area contributed by atoms with Gasteiger partial charge in [0.05, 0.1) is 4.92 Å². The minimum absolute atomic E-state index is 0.0184. The monoisotopic (exact) mass is 297 g/mol. The molecule has 20 heavy (non-hydrogen) atoms. The van der Waals surface area contributed by atoms with E-state index in [-0.39, 0.29) is 10.7 Å². The summed E-state index contributed by atoms with van der Waals surface area (Å²) in [5, 5.41) is 14.4. The van der Waals surface area contributed by atoms with E-state index in [1.54, 1.807) is 12.1 Å². The van der Waals surface area contributed by atoms with Gasteiger partial charge in [0.15, 0.2) is 0 Å². The molecule has 0 spiro atoms. The van der Waals surface area contributed by atoms with Crippen LogP contribution in [0, 0.1) is 17.0 Å². The first-order valence-corrected chi connectivity index (χ1v) is 7.28. The van der Waals surface area contributed by atoms with Crippen LogP contribution in [0.3, 0.4) is 0 Å². The third-order valence-electron chi connectivity index (χ3n) is 3.84. The maximum absolute atomic E-state index is 10.9. The van der Waals surface area contributed by atoms with Crippen molar-refractivity contribution in [2.75, 3.05) is 25.0 Å². The van der Waals surface area contributed by atoms with Crippen molar-refractivity contribution in [1.29, 1.82) is 0 Å². The average molecular weight is 298 g/mol. The number of nitrogens with one attached hydrogen (secondary N) is 1. The first-order chi connectivity index (χ1) is 9.54. The van der Waals surface area contributed by atoms with E-state index in [4.69, 9.17) is 11.6 Å². The van der Waals surface area contributed by atoms with Gasteiger partial charge in [-0.3, -0.25) is 10.1 Å². The number of hydrogen-bond acceptors (Lipinski definition) is 4. The van der Waals surface area contributed by atoms with Crippen molar-refractivity contribution in [3.8, 4) is 0 Å². The topological polar surface area (TPSA) is 58.4 Å². The molecule has 1 fully saturated rings. The third-order valence-corrected chi connectivity index (χ3v) is 4.14. The molecule has 0 radical (unpaired) electrons. The number of nitro benzene ring substituents is 1. The molecule has 1 N–H and O–H groups in total. The molecule has 0 aromatic heterocycles. The van der Waals surface area contributed by atoms with Crippen LogP contribution in [0.1, 0.15) is 24.8 Å². The molecule has 1 heterocycles. The number of benzene rings is 1. The minimum atomic E-state index is -0.430. The van der Waals surface area contributed by atoms with Gasteiger partial charge < -0.3 is 10.2 Å². The van der Waals surface area contributed by atoms with Gasteiger partial charge >= 0.3 is 0 Å². The number of piperidine rings is 1. The van der Waals surface area contributed by atoms with E-state index < -0.39 is 4.92 Å². The van der Waals surface area contributed by atoms with Gasteiger partial charge in [-0.2, -0.15) is 0 Å². The lowest BCUT2D eigenvalue weighted by atomic mass is 9.99. The number of rotatable bonds is 4. The number of aryl methyl sites for hydroxylation is 1. The molecular formula is C14H20ClN3O2. The summed E-state index contributed by atoms with van der Waals surface area (Å²) in [5.74, 6) is 0. The smallest absolute Gasteiger partial charge is 0.288 e. The van der Waals surface area contributed by atoms with E-state index in [1.165, 1.54) is 6.42 Å². The lowest BCUT2D eigenvalue weighted by molar-refractivity contribution is -0.384. The Hall–Kier alpha value is -1.33. The Kier molecular flexibility index (Phi) is 4.83. The van der Waals surface area contributed by atoms with Crippen molar-refractivity contribution >= 4 is 23.0 Å². The quantitative estimate of drug-likeness (QED) is 0.685. The molecule has 1 aliphatic heterocycles. The Morgan fingerprint density at radius 3 is 2.90 bits per heavy atom. The number of hydrogen-bond donors (Lipinski definition) is 1. The Morgan fingerprint density at radius 1 is 1.50 bits per heavy atom. The van der Waals surface area contributed by atoms with Crippen molar-refractivity contribution in [3.63, 3.8) is 0 Å². The SMILES string of the molecule is CNCC1CCCCN1c1cc(Cl)c([N+](=O)[O-])cc1C. The van der Waals surface area contributed by atoms with E-state index in [0.29, 0.717) is 6.04 Å². The van der Waals surface area contributed by atoms with E-state index in [9.17, 15) is 10.1 Å². The molecule has 1 unspecified atom stereocenters. The second kappa shape index (κ2) is 6.41. The summed E-state index contributed by atoms with van der Waals surface area (Å²) in [7, 11) is 1.95. The highest BCUT2D eigenvalue weighted by atomic mass is 35.5. The van der Waals surface area contributed by atoms with Gasteiger partial charge in [0.1, 0.15) is 5.02 Å². The molecular weight excluding hydrogens is 278 g/mol. The molecule has 0 saturated carbocycles. The zero-order valence-electron chi connectivity index (χ0n) is 11.9. The zero-order chi connectivity index (χ0) is 14.7. The van der Waals surface area contributed by atoms with Gasteiger partial charge in [-0.15, -0.1) is 0 Å². The molecule has 1 atom stereocenters. The minimum Gasteiger partial charge on any atom is -0.367 e. The molecule has 1 saturated heterocycles. The van der Waals surface area contributed by atoms with Crippen LogP contribution in [0.25, 0.3) is 0 Å². The lowest BCUT2D eigenvalue weighted by Gasteiger charge is -2.38. The van der Waals surface area contributed by atoms with Gasteiger partial charge in [-0.25, -0.2) is 0 Å². The van der Waals surface area contributed by atoms with E-state index in [2.05, 4.69) is 10.2 Å². The molecule has 6 heteroatoms. The van der Waals surface area contributed by atoms with Gasteiger partial charge in [0, 0.05) is 30.9 Å². The molecule has 1 aliphatic rings. The van der Waals surface area contributed by atoms with Crippen LogP contribution in [0.2, 0.25) is 5.02 Å². The first-order valence-electron chi connectivity index (χ1n) is 6.90. The standard InChI is InChI=1S/C14H20ClN3O2/c1-10-7-14(18(19)20)12(15)8-13(10)17-6-4-3-5-11(17)9-16-2/h7-8,11,16H,3-6,9H2,1-2H3. The normalized spacial score (nSPS) is 19.1. The Morgan fingerprint density at radius 2 is 2.25 bits per heavy atom. The van der Waals surface area contributed by atoms with E-state index in [1.807, 2.05) is 14.0 Å². The second-order valence-electron chi connectivity index (χ2n) is 5.25. The van der Waals surface area contributed by atoms with Crippen molar-refractivity contribution < 1.29 is 4.92 Å². The maximum Gasteiger partial charge on any atom is 0.288 e. The number of nitro groups is 1. The Bertz CT molecular complexity index is 505. The van der Waals surface area contributed by atoms with Gasteiger partial charge in [-0.05, 0) is 44.9 Å². The molecule has 1 aromatic carbocycles. The summed E-state index contributed by atoms with van der Waals surface area (Å²) in [6.07, 6.45) is 3.51. The molecule has 110 valence electrons. The number of nitrogens with zero attached hydrogens (tertiary/aromatic N) is 2. The summed E-state index contributed by atoms with van der Waals surface area (Å²) in [4.78, 5) is 12.8. The second-order valence-corrected chi connectivity index (χ2v) is 5.66. The predicted molar refractivity (Wildman–Crippen MR) is 81.8 cm³/mol. The molecule has 5 nitrogen and oxygen atoms in total. The zero-order valence-corrected chi connectivity index (χ0v) is 12.6. The van der Waals surface area contributed by atoms with Gasteiger partial charge in [0.25, 0.3) is 5.69 Å². The Balaban J connectivity index is 2.35. The van der Waals surface area contributed by atoms with Crippen molar-refractivity contribution in [2.24, 2.45) is 0 Å². The molecule has 0 amide bonds. The summed E-state index contributed by atoms with van der Waals surface area (Å²) in [5.41, 5.74) is 1.90. The van der Waals surface area contributed by atoms with Crippen LogP contribution in [0.5, 0.6) is 0 Å². The van der Waals surface area contributed by atoms with Crippen LogP contribution in [-0.4, -0.2) is 31.1 Å². The van der Waals surface area contributed by atoms with Crippen molar-refractivity contribution in [2.45, 2.75) is 32.2 Å². The highest BCUT2D eigenvalue weighted by Crippen LogP contribution is 2.35. The summed E-state index contributed by atoms with van der Waals surface area (Å²) < 4.78 is 0. The third kappa shape index (κ3) is 3.04. The van der Waals surface area contributed by atoms with Gasteiger partial charge in [0.2, 0.25) is 0 Å². The molecule has 0 aliphatic carbocycles. The summed E-state index contributed by atoms with van der Waals surface area (Å²) in [6.45, 7) is 3.79. The highest BCUT2D eigenvalue weighted by molar-refractivity contribution is 6.33. The van der Waals surface area contributed by atoms with E-state index >= 15 is 0 Å². The molecule has 0 bridgehead atoms. The Labute approximate surface area is 124 Å². The molecule has 1 aromatic rings. The van der Waals surface area contributed by atoms with Crippen molar-refractivity contribution in [3.05, 3.63) is 32.8 Å². The fourth-order valence-corrected chi connectivity index (χ4v) is 3.10. The maximum atomic E-state index is 10.9. The predicted octanol–water partition coefficient (Wildman–Crippen LogP) is 3.13. The molecule has 2 rings (SSSR count). The summed E-state index contributed by atoms with van der Waals surface area (Å²) >= 11 is 6.06. The summed E-state index contributed by atoms with van der Waals surface area (Å²) in [6, 6.07) is 3.73. The number of likely N-dealkylation sites (N-methyl/N-ethyl adjacent to an activating group) is 1. The van der Waals surface area contributed by atoms with Crippen LogP contribution in [0.4, 0.5) is 11.4 Å². The highest BCUT2D eigenvalue weighted by Gasteiger charge is 2.25. The van der Waals surface area contributed by atoms with Crippen LogP contribution >= 0.6 is 11.6 Å². The van der Waals surface area contributed by atoms with E-state index in [0.717, 1.165) is 37.2 Å². The first kappa shape index (κ1) is 15.1.